The van der Waals surface area contributed by atoms with Gasteiger partial charge in [0.05, 0.1) is 4.88 Å². The van der Waals surface area contributed by atoms with E-state index in [4.69, 9.17) is 5.41 Å². The minimum Gasteiger partial charge on any atom is -0.340 e. The summed E-state index contributed by atoms with van der Waals surface area (Å²) in [5, 5.41) is 13.3. The van der Waals surface area contributed by atoms with Crippen LogP contribution < -0.4 is 5.32 Å². The van der Waals surface area contributed by atoms with Gasteiger partial charge in [-0.25, -0.2) is 0 Å². The fourth-order valence-electron chi connectivity index (χ4n) is 2.59. The first-order chi connectivity index (χ1) is 9.76. The van der Waals surface area contributed by atoms with Gasteiger partial charge in [0.1, 0.15) is 5.84 Å². The Labute approximate surface area is 123 Å². The maximum absolute atomic E-state index is 8.09. The van der Waals surface area contributed by atoms with E-state index in [-0.39, 0.29) is 0 Å². The van der Waals surface area contributed by atoms with Gasteiger partial charge in [-0.15, -0.1) is 11.3 Å². The topological polar surface area (TPSA) is 39.1 Å². The molecule has 0 saturated heterocycles. The molecule has 0 saturated carbocycles. The zero-order chi connectivity index (χ0) is 13.9. The van der Waals surface area contributed by atoms with Crippen LogP contribution in [0.15, 0.2) is 35.7 Å². The van der Waals surface area contributed by atoms with E-state index < -0.39 is 0 Å². The van der Waals surface area contributed by atoms with Gasteiger partial charge in [-0.05, 0) is 47.7 Å². The van der Waals surface area contributed by atoms with Crippen molar-refractivity contribution in [1.82, 2.24) is 4.90 Å². The molecule has 0 atom stereocenters. The first kappa shape index (κ1) is 13.3. The van der Waals surface area contributed by atoms with Crippen molar-refractivity contribution in [3.63, 3.8) is 0 Å². The number of thiophene rings is 1. The molecular weight excluding hydrogens is 266 g/mol. The summed E-state index contributed by atoms with van der Waals surface area (Å²) in [6.45, 7) is 5.48. The Hall–Kier alpha value is -1.65. The molecule has 4 heteroatoms. The molecule has 0 fully saturated rings. The summed E-state index contributed by atoms with van der Waals surface area (Å²) < 4.78 is 0. The molecule has 0 bridgehead atoms. The molecule has 2 aromatic rings. The van der Waals surface area contributed by atoms with Crippen LogP contribution in [0.5, 0.6) is 0 Å². The van der Waals surface area contributed by atoms with Crippen LogP contribution in [0.1, 0.15) is 22.9 Å². The molecule has 1 aromatic carbocycles. The van der Waals surface area contributed by atoms with Crippen LogP contribution in [0, 0.1) is 5.41 Å². The summed E-state index contributed by atoms with van der Waals surface area (Å²) in [5.74, 6) is 0.475. The van der Waals surface area contributed by atoms with Crippen LogP contribution in [0.2, 0.25) is 0 Å². The predicted octanol–water partition coefficient (Wildman–Crippen LogP) is 3.56. The number of rotatable bonds is 3. The van der Waals surface area contributed by atoms with Gasteiger partial charge >= 0.3 is 0 Å². The normalized spacial score (nSPS) is 14.8. The van der Waals surface area contributed by atoms with Gasteiger partial charge in [-0.3, -0.25) is 10.3 Å². The Morgan fingerprint density at radius 1 is 1.35 bits per heavy atom. The van der Waals surface area contributed by atoms with Crippen LogP contribution in [-0.4, -0.2) is 23.8 Å². The summed E-state index contributed by atoms with van der Waals surface area (Å²) in [6, 6.07) is 10.4. The van der Waals surface area contributed by atoms with Crippen LogP contribution in [-0.2, 0) is 13.0 Å². The van der Waals surface area contributed by atoms with E-state index in [2.05, 4.69) is 35.3 Å². The van der Waals surface area contributed by atoms with E-state index in [1.807, 2.05) is 17.5 Å². The number of hydrogen-bond donors (Lipinski definition) is 2. The molecule has 0 spiro atoms. The smallest absolute Gasteiger partial charge is 0.140 e. The lowest BCUT2D eigenvalue weighted by Crippen LogP contribution is -2.30. The average Bonchev–Trinajstić information content (AvgIpc) is 3.00. The number of likely N-dealkylation sites (N-methyl/N-ethyl adjacent to an activating group) is 1. The average molecular weight is 285 g/mol. The van der Waals surface area contributed by atoms with E-state index in [1.165, 1.54) is 11.1 Å². The molecule has 3 nitrogen and oxygen atoms in total. The second-order valence-electron chi connectivity index (χ2n) is 5.08. The van der Waals surface area contributed by atoms with Gasteiger partial charge in [0.15, 0.2) is 0 Å². The highest BCUT2D eigenvalue weighted by Crippen LogP contribution is 2.23. The molecular formula is C16H19N3S. The molecule has 0 amide bonds. The van der Waals surface area contributed by atoms with Crippen molar-refractivity contribution in [2.24, 2.45) is 0 Å². The number of anilines is 1. The maximum atomic E-state index is 8.09. The highest BCUT2D eigenvalue weighted by molar-refractivity contribution is 7.12. The first-order valence-corrected chi connectivity index (χ1v) is 7.88. The lowest BCUT2D eigenvalue weighted by Gasteiger charge is -2.28. The predicted molar refractivity (Wildman–Crippen MR) is 85.9 cm³/mol. The lowest BCUT2D eigenvalue weighted by atomic mass is 9.99. The van der Waals surface area contributed by atoms with E-state index >= 15 is 0 Å². The number of nitrogens with one attached hydrogen (secondary N) is 2. The van der Waals surface area contributed by atoms with Crippen molar-refractivity contribution in [2.75, 3.05) is 18.4 Å². The molecule has 0 aliphatic carbocycles. The fourth-order valence-corrected chi connectivity index (χ4v) is 3.22. The molecule has 1 aromatic heterocycles. The van der Waals surface area contributed by atoms with Crippen molar-refractivity contribution in [3.8, 4) is 0 Å². The fraction of sp³-hybridized carbons (Fsp3) is 0.312. The molecule has 1 aliphatic rings. The van der Waals surface area contributed by atoms with E-state index in [9.17, 15) is 0 Å². The van der Waals surface area contributed by atoms with Gasteiger partial charge in [0.2, 0.25) is 0 Å². The molecule has 0 unspecified atom stereocenters. The Balaban J connectivity index is 1.77. The molecule has 2 heterocycles. The summed E-state index contributed by atoms with van der Waals surface area (Å²) in [6.07, 6.45) is 1.13. The summed E-state index contributed by atoms with van der Waals surface area (Å²) >= 11 is 1.59. The molecule has 2 N–H and O–H groups in total. The number of hydrogen-bond acceptors (Lipinski definition) is 3. The minimum absolute atomic E-state index is 0.475. The van der Waals surface area contributed by atoms with Gasteiger partial charge in [0.25, 0.3) is 0 Å². The van der Waals surface area contributed by atoms with Crippen LogP contribution in [0.3, 0.4) is 0 Å². The number of fused-ring (bicyclic) bond motifs is 1. The molecule has 104 valence electrons. The highest BCUT2D eigenvalue weighted by atomic mass is 32.1. The number of benzene rings is 1. The van der Waals surface area contributed by atoms with Gasteiger partial charge in [-0.2, -0.15) is 0 Å². The van der Waals surface area contributed by atoms with Crippen molar-refractivity contribution in [1.29, 1.82) is 5.41 Å². The van der Waals surface area contributed by atoms with E-state index in [0.717, 1.165) is 36.6 Å². The third-order valence-electron chi connectivity index (χ3n) is 3.78. The monoisotopic (exact) mass is 285 g/mol. The zero-order valence-corrected chi connectivity index (χ0v) is 12.5. The molecule has 3 rings (SSSR count). The van der Waals surface area contributed by atoms with E-state index in [1.54, 1.807) is 11.3 Å². The number of nitrogens with zero attached hydrogens (tertiary/aromatic N) is 1. The Kier molecular flexibility index (Phi) is 3.85. The summed E-state index contributed by atoms with van der Waals surface area (Å²) in [5.41, 5.74) is 3.85. The number of amidine groups is 1. The standard InChI is InChI=1S/C16H19N3S/c1-2-19-8-7-12-5-6-14(10-13(12)11-19)18-16(17)15-4-3-9-20-15/h3-6,9-10H,2,7-8,11H2,1H3,(H2,17,18). The van der Waals surface area contributed by atoms with Gasteiger partial charge in [-0.1, -0.05) is 19.1 Å². The lowest BCUT2D eigenvalue weighted by molar-refractivity contribution is 0.268. The maximum Gasteiger partial charge on any atom is 0.140 e. The second kappa shape index (κ2) is 5.77. The van der Waals surface area contributed by atoms with Crippen molar-refractivity contribution in [2.45, 2.75) is 19.9 Å². The van der Waals surface area contributed by atoms with Crippen LogP contribution in [0.4, 0.5) is 5.69 Å². The second-order valence-corrected chi connectivity index (χ2v) is 6.03. The molecule has 0 radical (unpaired) electrons. The molecule has 20 heavy (non-hydrogen) atoms. The SMILES string of the molecule is CCN1CCc2ccc(NC(=N)c3cccs3)cc2C1. The zero-order valence-electron chi connectivity index (χ0n) is 11.6. The third-order valence-corrected chi connectivity index (χ3v) is 4.67. The molecule has 1 aliphatic heterocycles. The van der Waals surface area contributed by atoms with Gasteiger partial charge < -0.3 is 5.32 Å². The van der Waals surface area contributed by atoms with Crippen molar-refractivity contribution in [3.05, 3.63) is 51.7 Å². The quantitative estimate of drug-likeness (QED) is 0.668. The Morgan fingerprint density at radius 3 is 3.00 bits per heavy atom. The third kappa shape index (κ3) is 2.76. The minimum atomic E-state index is 0.475. The van der Waals surface area contributed by atoms with Crippen molar-refractivity contribution >= 4 is 22.9 Å². The van der Waals surface area contributed by atoms with Gasteiger partial charge in [0, 0.05) is 18.8 Å². The first-order valence-electron chi connectivity index (χ1n) is 7.00. The summed E-state index contributed by atoms with van der Waals surface area (Å²) in [7, 11) is 0. The highest BCUT2D eigenvalue weighted by Gasteiger charge is 2.15. The largest absolute Gasteiger partial charge is 0.340 e. The van der Waals surface area contributed by atoms with Crippen LogP contribution in [0.25, 0.3) is 0 Å². The van der Waals surface area contributed by atoms with Crippen LogP contribution >= 0.6 is 11.3 Å². The Bertz CT molecular complexity index is 604. The van der Waals surface area contributed by atoms with E-state index in [0.29, 0.717) is 5.84 Å². The Morgan fingerprint density at radius 2 is 2.25 bits per heavy atom. The van der Waals surface area contributed by atoms with Crippen molar-refractivity contribution < 1.29 is 0 Å². The summed E-state index contributed by atoms with van der Waals surface area (Å²) in [4.78, 5) is 3.43.